The van der Waals surface area contributed by atoms with Gasteiger partial charge in [0.2, 0.25) is 0 Å². The highest BCUT2D eigenvalue weighted by atomic mass is 19.1. The molecule has 0 radical (unpaired) electrons. The van der Waals surface area contributed by atoms with Gasteiger partial charge in [0.25, 0.3) is 0 Å². The van der Waals surface area contributed by atoms with Crippen LogP contribution in [0.1, 0.15) is 16.7 Å². The molecule has 2 heterocycles. The Morgan fingerprint density at radius 3 is 2.26 bits per heavy atom. The molecule has 1 aromatic heterocycles. The van der Waals surface area contributed by atoms with Crippen molar-refractivity contribution in [2.24, 2.45) is 0 Å². The lowest BCUT2D eigenvalue weighted by Gasteiger charge is -2.35. The zero-order valence-electron chi connectivity index (χ0n) is 18.0. The fraction of sp³-hybridized carbons (Fsp3) is 0.292. The Morgan fingerprint density at radius 1 is 0.871 bits per heavy atom. The van der Waals surface area contributed by atoms with Crippen molar-refractivity contribution in [2.75, 3.05) is 36.4 Å². The van der Waals surface area contributed by atoms with E-state index in [1.807, 2.05) is 12.1 Å². The summed E-state index contributed by atoms with van der Waals surface area (Å²) in [6.45, 7) is 8.30. The van der Waals surface area contributed by atoms with Crippen LogP contribution in [-0.4, -0.2) is 47.3 Å². The van der Waals surface area contributed by atoms with Crippen molar-refractivity contribution in [1.82, 2.24) is 15.1 Å². The van der Waals surface area contributed by atoms with Crippen LogP contribution in [-0.2, 0) is 0 Å². The normalized spacial score (nSPS) is 13.9. The van der Waals surface area contributed by atoms with E-state index in [2.05, 4.69) is 52.5 Å². The third kappa shape index (κ3) is 4.66. The highest BCUT2D eigenvalue weighted by molar-refractivity contribution is 5.89. The smallest absolute Gasteiger partial charge is 0.321 e. The number of hydrogen-bond acceptors (Lipinski definition) is 4. The molecule has 0 atom stereocenters. The van der Waals surface area contributed by atoms with Gasteiger partial charge in [0.1, 0.15) is 5.82 Å². The van der Waals surface area contributed by atoms with Crippen LogP contribution in [0.5, 0.6) is 0 Å². The van der Waals surface area contributed by atoms with Crippen molar-refractivity contribution in [2.45, 2.75) is 20.8 Å². The third-order valence-electron chi connectivity index (χ3n) is 5.77. The van der Waals surface area contributed by atoms with Crippen molar-refractivity contribution < 1.29 is 9.18 Å². The molecule has 0 aliphatic carbocycles. The summed E-state index contributed by atoms with van der Waals surface area (Å²) >= 11 is 0. The molecule has 0 unspecified atom stereocenters. The van der Waals surface area contributed by atoms with E-state index in [-0.39, 0.29) is 11.8 Å². The monoisotopic (exact) mass is 419 g/mol. The number of aryl methyl sites for hydroxylation is 3. The van der Waals surface area contributed by atoms with E-state index in [1.54, 1.807) is 24.0 Å². The van der Waals surface area contributed by atoms with E-state index in [1.165, 1.54) is 17.2 Å². The van der Waals surface area contributed by atoms with Crippen LogP contribution in [0.2, 0.25) is 0 Å². The van der Waals surface area contributed by atoms with E-state index in [9.17, 15) is 9.18 Å². The fourth-order valence-electron chi connectivity index (χ4n) is 3.56. The van der Waals surface area contributed by atoms with Gasteiger partial charge in [-0.05, 0) is 67.8 Å². The number of hydrogen-bond donors (Lipinski definition) is 1. The fourth-order valence-corrected chi connectivity index (χ4v) is 3.56. The van der Waals surface area contributed by atoms with Crippen LogP contribution < -0.4 is 10.2 Å². The molecule has 1 fully saturated rings. The molecular formula is C24H26FN5O. The number of carbonyl (C=O) groups is 1. The second kappa shape index (κ2) is 8.71. The Balaban J connectivity index is 1.35. The van der Waals surface area contributed by atoms with E-state index in [0.29, 0.717) is 37.4 Å². The molecule has 1 aliphatic heterocycles. The molecular weight excluding hydrogens is 393 g/mol. The van der Waals surface area contributed by atoms with E-state index in [4.69, 9.17) is 0 Å². The van der Waals surface area contributed by atoms with Crippen molar-refractivity contribution in [3.8, 4) is 11.3 Å². The molecule has 0 spiro atoms. The number of nitrogens with zero attached hydrogens (tertiary/aromatic N) is 4. The average molecular weight is 420 g/mol. The van der Waals surface area contributed by atoms with Crippen LogP contribution in [0.3, 0.4) is 0 Å². The predicted octanol–water partition coefficient (Wildman–Crippen LogP) is 4.56. The number of amides is 2. The summed E-state index contributed by atoms with van der Waals surface area (Å²) in [6, 6.07) is 14.7. The maximum absolute atomic E-state index is 13.7. The largest absolute Gasteiger partial charge is 0.352 e. The van der Waals surface area contributed by atoms with Gasteiger partial charge in [-0.25, -0.2) is 9.18 Å². The van der Waals surface area contributed by atoms with Crippen molar-refractivity contribution in [3.63, 3.8) is 0 Å². The summed E-state index contributed by atoms with van der Waals surface area (Å²) in [6.07, 6.45) is 0. The van der Waals surface area contributed by atoms with Crippen molar-refractivity contribution >= 4 is 17.5 Å². The number of urea groups is 1. The first-order valence-corrected chi connectivity index (χ1v) is 10.4. The minimum atomic E-state index is -0.328. The summed E-state index contributed by atoms with van der Waals surface area (Å²) in [5, 5.41) is 11.6. The Kier molecular flexibility index (Phi) is 5.84. The van der Waals surface area contributed by atoms with Gasteiger partial charge in [-0.3, -0.25) is 0 Å². The average Bonchev–Trinajstić information content (AvgIpc) is 2.78. The Hall–Kier alpha value is -3.48. The van der Waals surface area contributed by atoms with Crippen LogP contribution in [0.15, 0.2) is 48.5 Å². The van der Waals surface area contributed by atoms with Gasteiger partial charge in [-0.1, -0.05) is 18.2 Å². The number of nitrogens with one attached hydrogen (secondary N) is 1. The maximum atomic E-state index is 13.7. The number of rotatable bonds is 3. The predicted molar refractivity (Wildman–Crippen MR) is 121 cm³/mol. The SMILES string of the molecule is Cc1ccc(-c2ccc(N3CCN(C(=O)Nc4ccc(C)c(F)c4)CC3)nn2)cc1C. The maximum Gasteiger partial charge on any atom is 0.321 e. The van der Waals surface area contributed by atoms with E-state index >= 15 is 0 Å². The molecule has 1 N–H and O–H groups in total. The van der Waals surface area contributed by atoms with Gasteiger partial charge in [0.15, 0.2) is 5.82 Å². The van der Waals surface area contributed by atoms with E-state index < -0.39 is 0 Å². The summed E-state index contributed by atoms with van der Waals surface area (Å²) < 4.78 is 13.7. The number of anilines is 2. The molecule has 31 heavy (non-hydrogen) atoms. The molecule has 1 saturated heterocycles. The van der Waals surface area contributed by atoms with Crippen LogP contribution in [0.25, 0.3) is 11.3 Å². The third-order valence-corrected chi connectivity index (χ3v) is 5.77. The van der Waals surface area contributed by atoms with Crippen LogP contribution in [0.4, 0.5) is 20.7 Å². The summed E-state index contributed by atoms with van der Waals surface area (Å²) in [4.78, 5) is 16.4. The highest BCUT2D eigenvalue weighted by Gasteiger charge is 2.22. The minimum Gasteiger partial charge on any atom is -0.352 e. The summed E-state index contributed by atoms with van der Waals surface area (Å²) in [5.74, 6) is 0.471. The Morgan fingerprint density at radius 2 is 1.61 bits per heavy atom. The molecule has 1 aliphatic rings. The standard InChI is InChI=1S/C24H26FN5O/c1-16-4-6-19(14-18(16)3)22-8-9-23(28-27-22)29-10-12-30(13-11-29)24(31)26-20-7-5-17(2)21(25)15-20/h4-9,14-15H,10-13H2,1-3H3,(H,26,31). The molecule has 2 aromatic carbocycles. The first kappa shape index (κ1) is 20.8. The van der Waals surface area contributed by atoms with Crippen molar-refractivity contribution in [3.05, 3.63) is 71.0 Å². The van der Waals surface area contributed by atoms with E-state index in [0.717, 1.165) is 17.1 Å². The second-order valence-corrected chi connectivity index (χ2v) is 7.94. The zero-order chi connectivity index (χ0) is 22.0. The highest BCUT2D eigenvalue weighted by Crippen LogP contribution is 2.22. The second-order valence-electron chi connectivity index (χ2n) is 7.94. The van der Waals surface area contributed by atoms with Gasteiger partial charge in [0, 0.05) is 37.4 Å². The molecule has 0 saturated carbocycles. The lowest BCUT2D eigenvalue weighted by atomic mass is 10.0. The quantitative estimate of drug-likeness (QED) is 0.676. The molecule has 160 valence electrons. The van der Waals surface area contributed by atoms with Crippen LogP contribution in [0, 0.1) is 26.6 Å². The Bertz CT molecular complexity index is 1090. The molecule has 4 rings (SSSR count). The van der Waals surface area contributed by atoms with Gasteiger partial charge in [-0.15, -0.1) is 10.2 Å². The molecule has 0 bridgehead atoms. The zero-order valence-corrected chi connectivity index (χ0v) is 18.0. The van der Waals surface area contributed by atoms with Crippen molar-refractivity contribution in [1.29, 1.82) is 0 Å². The topological polar surface area (TPSA) is 61.4 Å². The first-order chi connectivity index (χ1) is 14.9. The number of piperazine rings is 1. The molecule has 2 amide bonds. The molecule has 7 heteroatoms. The lowest BCUT2D eigenvalue weighted by molar-refractivity contribution is 0.208. The van der Waals surface area contributed by atoms with Crippen LogP contribution >= 0.6 is 0 Å². The lowest BCUT2D eigenvalue weighted by Crippen LogP contribution is -2.50. The summed E-state index contributed by atoms with van der Waals surface area (Å²) in [7, 11) is 0. The molecule has 3 aromatic rings. The number of halogens is 1. The summed E-state index contributed by atoms with van der Waals surface area (Å²) in [5.41, 5.74) is 5.39. The minimum absolute atomic E-state index is 0.223. The van der Waals surface area contributed by atoms with Gasteiger partial charge in [-0.2, -0.15) is 0 Å². The molecule has 6 nitrogen and oxygen atoms in total. The van der Waals surface area contributed by atoms with Gasteiger partial charge in [0.05, 0.1) is 5.69 Å². The Labute approximate surface area is 181 Å². The van der Waals surface area contributed by atoms with Gasteiger partial charge < -0.3 is 15.1 Å². The first-order valence-electron chi connectivity index (χ1n) is 10.4. The number of carbonyl (C=O) groups excluding carboxylic acids is 1. The van der Waals surface area contributed by atoms with Gasteiger partial charge >= 0.3 is 6.03 Å². The number of aromatic nitrogens is 2. The number of benzene rings is 2.